The topological polar surface area (TPSA) is 24.1 Å². The zero-order valence-electron chi connectivity index (χ0n) is 17.8. The van der Waals surface area contributed by atoms with Gasteiger partial charge in [-0.05, 0) is 38.8 Å². The minimum atomic E-state index is 0.237. The molecule has 0 radical (unpaired) electrons. The summed E-state index contributed by atoms with van der Waals surface area (Å²) in [6.07, 6.45) is 0. The summed E-state index contributed by atoms with van der Waals surface area (Å²) in [4.78, 5) is 0. The van der Waals surface area contributed by atoms with E-state index in [1.807, 2.05) is 23.5 Å². The number of thioether (sulfide) groups is 2. The summed E-state index contributed by atoms with van der Waals surface area (Å²) in [5, 5.41) is 7.23. The molecule has 0 spiro atoms. The smallest absolute Gasteiger partial charge is 0.0231 e. The standard InChI is InChI=1S/C24H36N2S2/c1-23(2,27-17-21-11-7-5-8-12-21)19-25-15-16-26-20-24(3,4)28-18-22-13-9-6-10-14-22/h5-14,25-26H,15-20H2,1-4H3. The highest BCUT2D eigenvalue weighted by molar-refractivity contribution is 8.00. The molecule has 0 aliphatic rings. The molecule has 0 fully saturated rings. The Morgan fingerprint density at radius 3 is 1.32 bits per heavy atom. The molecule has 0 atom stereocenters. The van der Waals surface area contributed by atoms with Crippen molar-refractivity contribution >= 4 is 23.5 Å². The van der Waals surface area contributed by atoms with Crippen LogP contribution in [0.15, 0.2) is 60.7 Å². The lowest BCUT2D eigenvalue weighted by atomic mass is 10.2. The minimum Gasteiger partial charge on any atom is -0.314 e. The molecule has 0 saturated carbocycles. The molecule has 0 saturated heterocycles. The summed E-state index contributed by atoms with van der Waals surface area (Å²) in [6, 6.07) is 21.5. The quantitative estimate of drug-likeness (QED) is 0.416. The first-order chi connectivity index (χ1) is 13.4. The Balaban J connectivity index is 1.55. The molecule has 2 N–H and O–H groups in total. The summed E-state index contributed by atoms with van der Waals surface area (Å²) in [5.74, 6) is 2.14. The van der Waals surface area contributed by atoms with Crippen molar-refractivity contribution in [3.05, 3.63) is 71.8 Å². The third-order valence-corrected chi connectivity index (χ3v) is 7.33. The van der Waals surface area contributed by atoms with Gasteiger partial charge in [-0.25, -0.2) is 0 Å². The Bertz CT molecular complexity index is 597. The highest BCUT2D eigenvalue weighted by Crippen LogP contribution is 2.28. The van der Waals surface area contributed by atoms with Gasteiger partial charge in [-0.15, -0.1) is 23.5 Å². The monoisotopic (exact) mass is 416 g/mol. The van der Waals surface area contributed by atoms with Crippen molar-refractivity contribution in [3.8, 4) is 0 Å². The fraction of sp³-hybridized carbons (Fsp3) is 0.500. The first-order valence-corrected chi connectivity index (χ1v) is 12.1. The van der Waals surface area contributed by atoms with Crippen LogP contribution in [0, 0.1) is 0 Å². The molecule has 2 nitrogen and oxygen atoms in total. The maximum absolute atomic E-state index is 3.62. The fourth-order valence-corrected chi connectivity index (χ4v) is 4.67. The third kappa shape index (κ3) is 10.0. The van der Waals surface area contributed by atoms with Gasteiger partial charge in [-0.3, -0.25) is 0 Å². The van der Waals surface area contributed by atoms with Gasteiger partial charge in [0.2, 0.25) is 0 Å². The second-order valence-electron chi connectivity index (χ2n) is 8.42. The molecule has 2 aromatic carbocycles. The molecule has 0 bridgehead atoms. The summed E-state index contributed by atoms with van der Waals surface area (Å²) >= 11 is 4.04. The average Bonchev–Trinajstić information content (AvgIpc) is 2.69. The minimum absolute atomic E-state index is 0.237. The van der Waals surface area contributed by atoms with Crippen LogP contribution in [0.3, 0.4) is 0 Å². The number of hydrogen-bond acceptors (Lipinski definition) is 4. The van der Waals surface area contributed by atoms with Gasteiger partial charge in [0, 0.05) is 47.2 Å². The maximum Gasteiger partial charge on any atom is 0.0231 e. The summed E-state index contributed by atoms with van der Waals surface area (Å²) in [5.41, 5.74) is 2.80. The number of benzene rings is 2. The molecular formula is C24H36N2S2. The zero-order valence-corrected chi connectivity index (χ0v) is 19.5. The van der Waals surface area contributed by atoms with Gasteiger partial charge in [0.15, 0.2) is 0 Å². The summed E-state index contributed by atoms with van der Waals surface area (Å²) < 4.78 is 0.474. The number of rotatable bonds is 13. The van der Waals surface area contributed by atoms with Crippen LogP contribution in [-0.4, -0.2) is 35.7 Å². The molecule has 154 valence electrons. The van der Waals surface area contributed by atoms with E-state index in [0.717, 1.165) is 37.7 Å². The lowest BCUT2D eigenvalue weighted by molar-refractivity contribution is 0.539. The van der Waals surface area contributed by atoms with Crippen LogP contribution in [0.25, 0.3) is 0 Å². The van der Waals surface area contributed by atoms with Gasteiger partial charge in [0.1, 0.15) is 0 Å². The lowest BCUT2D eigenvalue weighted by Crippen LogP contribution is -2.39. The van der Waals surface area contributed by atoms with Crippen LogP contribution in [-0.2, 0) is 11.5 Å². The molecule has 0 unspecified atom stereocenters. The maximum atomic E-state index is 3.62. The SMILES string of the molecule is CC(C)(CNCCNCC(C)(C)SCc1ccccc1)SCc1ccccc1. The Labute approximate surface area is 180 Å². The van der Waals surface area contributed by atoms with Crippen LogP contribution >= 0.6 is 23.5 Å². The second kappa shape index (κ2) is 11.9. The first-order valence-electron chi connectivity index (χ1n) is 10.1. The van der Waals surface area contributed by atoms with E-state index in [9.17, 15) is 0 Å². The summed E-state index contributed by atoms with van der Waals surface area (Å²) in [7, 11) is 0. The molecule has 28 heavy (non-hydrogen) atoms. The van der Waals surface area contributed by atoms with Gasteiger partial charge in [0.25, 0.3) is 0 Å². The third-order valence-electron chi connectivity index (χ3n) is 4.52. The summed E-state index contributed by atoms with van der Waals surface area (Å²) in [6.45, 7) is 13.4. The van der Waals surface area contributed by atoms with Crippen molar-refractivity contribution in [2.75, 3.05) is 26.2 Å². The van der Waals surface area contributed by atoms with Crippen LogP contribution < -0.4 is 10.6 Å². The van der Waals surface area contributed by atoms with Crippen LogP contribution in [0.1, 0.15) is 38.8 Å². The molecule has 0 aliphatic heterocycles. The van der Waals surface area contributed by atoms with Crippen molar-refractivity contribution in [2.24, 2.45) is 0 Å². The van der Waals surface area contributed by atoms with E-state index >= 15 is 0 Å². The lowest BCUT2D eigenvalue weighted by Gasteiger charge is -2.26. The van der Waals surface area contributed by atoms with Crippen molar-refractivity contribution in [1.82, 2.24) is 10.6 Å². The molecule has 2 rings (SSSR count). The van der Waals surface area contributed by atoms with Crippen molar-refractivity contribution in [1.29, 1.82) is 0 Å². The van der Waals surface area contributed by atoms with E-state index < -0.39 is 0 Å². The van der Waals surface area contributed by atoms with Crippen molar-refractivity contribution in [2.45, 2.75) is 48.7 Å². The average molecular weight is 417 g/mol. The largest absolute Gasteiger partial charge is 0.314 e. The van der Waals surface area contributed by atoms with Gasteiger partial charge >= 0.3 is 0 Å². The van der Waals surface area contributed by atoms with E-state index in [1.54, 1.807) is 0 Å². The first kappa shape index (κ1) is 23.3. The van der Waals surface area contributed by atoms with E-state index in [4.69, 9.17) is 0 Å². The predicted molar refractivity (Wildman–Crippen MR) is 129 cm³/mol. The Kier molecular flexibility index (Phi) is 9.93. The van der Waals surface area contributed by atoms with Crippen LogP contribution in [0.4, 0.5) is 0 Å². The Morgan fingerprint density at radius 1 is 0.607 bits per heavy atom. The molecule has 0 aromatic heterocycles. The number of nitrogens with one attached hydrogen (secondary N) is 2. The number of hydrogen-bond donors (Lipinski definition) is 2. The van der Waals surface area contributed by atoms with Gasteiger partial charge in [-0.1, -0.05) is 60.7 Å². The predicted octanol–water partition coefficient (Wildman–Crippen LogP) is 5.59. The van der Waals surface area contributed by atoms with Crippen molar-refractivity contribution in [3.63, 3.8) is 0 Å². The zero-order chi connectivity index (χ0) is 20.3. The molecule has 0 aliphatic carbocycles. The molecule has 2 aromatic rings. The highest BCUT2D eigenvalue weighted by Gasteiger charge is 2.19. The Morgan fingerprint density at radius 2 is 0.964 bits per heavy atom. The second-order valence-corrected chi connectivity index (χ2v) is 11.8. The normalized spacial score (nSPS) is 12.3. The molecule has 0 heterocycles. The van der Waals surface area contributed by atoms with E-state index in [0.29, 0.717) is 0 Å². The van der Waals surface area contributed by atoms with Crippen molar-refractivity contribution < 1.29 is 0 Å². The van der Waals surface area contributed by atoms with Gasteiger partial charge in [-0.2, -0.15) is 0 Å². The van der Waals surface area contributed by atoms with E-state index in [2.05, 4.69) is 99.0 Å². The van der Waals surface area contributed by atoms with E-state index in [1.165, 1.54) is 11.1 Å². The molecular weight excluding hydrogens is 380 g/mol. The van der Waals surface area contributed by atoms with Crippen LogP contribution in [0.5, 0.6) is 0 Å². The molecule has 4 heteroatoms. The van der Waals surface area contributed by atoms with E-state index in [-0.39, 0.29) is 9.49 Å². The molecule has 0 amide bonds. The fourth-order valence-electron chi connectivity index (χ4n) is 2.76. The Hall–Kier alpha value is -0.940. The van der Waals surface area contributed by atoms with Crippen LogP contribution in [0.2, 0.25) is 0 Å². The van der Waals surface area contributed by atoms with Gasteiger partial charge < -0.3 is 10.6 Å². The highest BCUT2D eigenvalue weighted by atomic mass is 32.2. The van der Waals surface area contributed by atoms with Gasteiger partial charge in [0.05, 0.1) is 0 Å².